The molecule has 2 aromatic heterocycles. The summed E-state index contributed by atoms with van der Waals surface area (Å²) in [6, 6.07) is 7.31. The predicted octanol–water partition coefficient (Wildman–Crippen LogP) is 2.34. The molecular weight excluding hydrogens is 318 g/mol. The number of nitrogens with one attached hydrogen (secondary N) is 1. The van der Waals surface area contributed by atoms with E-state index in [1.165, 1.54) is 12.8 Å². The van der Waals surface area contributed by atoms with Crippen molar-refractivity contribution >= 4 is 5.91 Å². The van der Waals surface area contributed by atoms with Crippen LogP contribution in [-0.4, -0.2) is 52.9 Å². The molecule has 0 spiro atoms. The SMILES string of the molecule is O=C(c1ccc(-c2ccco2)[nH]c1=O)N1CCC[C@@H](N2CCCC2)C1. The molecule has 0 bridgehead atoms. The van der Waals surface area contributed by atoms with Crippen LogP contribution in [0, 0.1) is 0 Å². The Bertz CT molecular complexity index is 790. The molecule has 0 radical (unpaired) electrons. The maximum absolute atomic E-state index is 12.8. The molecule has 132 valence electrons. The maximum Gasteiger partial charge on any atom is 0.261 e. The second-order valence-electron chi connectivity index (χ2n) is 6.88. The molecule has 2 aromatic rings. The molecule has 1 amide bonds. The molecule has 2 fully saturated rings. The number of H-pyrrole nitrogens is 1. The van der Waals surface area contributed by atoms with Crippen LogP contribution in [0.3, 0.4) is 0 Å². The van der Waals surface area contributed by atoms with Crippen molar-refractivity contribution in [3.05, 3.63) is 46.4 Å². The zero-order chi connectivity index (χ0) is 17.2. The molecule has 6 nitrogen and oxygen atoms in total. The number of amides is 1. The minimum absolute atomic E-state index is 0.170. The zero-order valence-corrected chi connectivity index (χ0v) is 14.2. The molecule has 4 rings (SSSR count). The first-order chi connectivity index (χ1) is 12.2. The Labute approximate surface area is 146 Å². The number of likely N-dealkylation sites (tertiary alicyclic amines) is 2. The van der Waals surface area contributed by atoms with E-state index >= 15 is 0 Å². The Morgan fingerprint density at radius 2 is 1.96 bits per heavy atom. The van der Waals surface area contributed by atoms with Gasteiger partial charge in [0.15, 0.2) is 0 Å². The van der Waals surface area contributed by atoms with Crippen LogP contribution in [-0.2, 0) is 0 Å². The number of carbonyl (C=O) groups excluding carboxylic acids is 1. The second-order valence-corrected chi connectivity index (χ2v) is 6.88. The zero-order valence-electron chi connectivity index (χ0n) is 14.2. The van der Waals surface area contributed by atoms with Gasteiger partial charge in [-0.1, -0.05) is 0 Å². The Morgan fingerprint density at radius 1 is 1.12 bits per heavy atom. The van der Waals surface area contributed by atoms with Crippen LogP contribution in [0.4, 0.5) is 0 Å². The summed E-state index contributed by atoms with van der Waals surface area (Å²) < 4.78 is 5.29. The quantitative estimate of drug-likeness (QED) is 0.930. The summed E-state index contributed by atoms with van der Waals surface area (Å²) in [5.74, 6) is 0.416. The van der Waals surface area contributed by atoms with Gasteiger partial charge in [-0.25, -0.2) is 0 Å². The van der Waals surface area contributed by atoms with E-state index in [1.807, 2.05) is 4.90 Å². The van der Waals surface area contributed by atoms with Gasteiger partial charge in [0.2, 0.25) is 0 Å². The maximum atomic E-state index is 12.8. The molecular formula is C19H23N3O3. The summed E-state index contributed by atoms with van der Waals surface area (Å²) >= 11 is 0. The van der Waals surface area contributed by atoms with Gasteiger partial charge >= 0.3 is 0 Å². The van der Waals surface area contributed by atoms with Gasteiger partial charge in [-0.2, -0.15) is 0 Å². The molecule has 1 atom stereocenters. The average molecular weight is 341 g/mol. The molecule has 0 aliphatic carbocycles. The molecule has 2 aliphatic rings. The Hall–Kier alpha value is -2.34. The van der Waals surface area contributed by atoms with E-state index in [0.29, 0.717) is 17.5 Å². The molecule has 2 aliphatic heterocycles. The second kappa shape index (κ2) is 6.88. The van der Waals surface area contributed by atoms with Gasteiger partial charge in [-0.3, -0.25) is 14.5 Å². The fraction of sp³-hybridized carbons (Fsp3) is 0.474. The topological polar surface area (TPSA) is 69.5 Å². The van der Waals surface area contributed by atoms with Crippen LogP contribution in [0.15, 0.2) is 39.7 Å². The minimum Gasteiger partial charge on any atom is -0.463 e. The number of nitrogens with zero attached hydrogens (tertiary/aromatic N) is 2. The third-order valence-corrected chi connectivity index (χ3v) is 5.27. The average Bonchev–Trinajstić information content (AvgIpc) is 3.35. The van der Waals surface area contributed by atoms with Crippen molar-refractivity contribution in [3.8, 4) is 11.5 Å². The first-order valence-electron chi connectivity index (χ1n) is 9.03. The highest BCUT2D eigenvalue weighted by Gasteiger charge is 2.30. The van der Waals surface area contributed by atoms with Gasteiger partial charge < -0.3 is 14.3 Å². The van der Waals surface area contributed by atoms with Gasteiger partial charge in [0.05, 0.1) is 12.0 Å². The van der Waals surface area contributed by atoms with Gasteiger partial charge in [0, 0.05) is 19.1 Å². The van der Waals surface area contributed by atoms with Crippen molar-refractivity contribution in [3.63, 3.8) is 0 Å². The largest absolute Gasteiger partial charge is 0.463 e. The van der Waals surface area contributed by atoms with Crippen molar-refractivity contribution < 1.29 is 9.21 Å². The number of hydrogen-bond acceptors (Lipinski definition) is 4. The number of aromatic nitrogens is 1. The molecule has 6 heteroatoms. The van der Waals surface area contributed by atoms with E-state index in [0.717, 1.165) is 39.0 Å². The highest BCUT2D eigenvalue weighted by atomic mass is 16.3. The number of rotatable bonds is 3. The summed E-state index contributed by atoms with van der Waals surface area (Å²) in [6.45, 7) is 3.71. The van der Waals surface area contributed by atoms with Gasteiger partial charge in [-0.05, 0) is 63.0 Å². The fourth-order valence-corrected chi connectivity index (χ4v) is 3.93. The van der Waals surface area contributed by atoms with E-state index in [1.54, 1.807) is 30.5 Å². The van der Waals surface area contributed by atoms with Gasteiger partial charge in [-0.15, -0.1) is 0 Å². The lowest BCUT2D eigenvalue weighted by atomic mass is 10.0. The van der Waals surface area contributed by atoms with E-state index in [-0.39, 0.29) is 17.0 Å². The molecule has 4 heterocycles. The van der Waals surface area contributed by atoms with Crippen LogP contribution in [0.2, 0.25) is 0 Å². The molecule has 2 saturated heterocycles. The number of aromatic amines is 1. The molecule has 1 N–H and O–H groups in total. The van der Waals surface area contributed by atoms with Crippen LogP contribution >= 0.6 is 0 Å². The Kier molecular flexibility index (Phi) is 4.44. The van der Waals surface area contributed by atoms with E-state index in [9.17, 15) is 9.59 Å². The van der Waals surface area contributed by atoms with E-state index < -0.39 is 0 Å². The standard InChI is InChI=1S/C19H23N3O3/c23-18-15(7-8-16(20-18)17-6-4-12-25-17)19(24)22-11-3-5-14(13-22)21-9-1-2-10-21/h4,6-8,12,14H,1-3,5,9-11,13H2,(H,20,23)/t14-/m1/s1. The number of carbonyl (C=O) groups is 1. The lowest BCUT2D eigenvalue weighted by Crippen LogP contribution is -2.49. The van der Waals surface area contributed by atoms with Crippen LogP contribution in [0.25, 0.3) is 11.5 Å². The Balaban J connectivity index is 1.51. The number of piperidine rings is 1. The summed E-state index contributed by atoms with van der Waals surface area (Å²) in [6.07, 6.45) is 6.18. The highest BCUT2D eigenvalue weighted by molar-refractivity contribution is 5.94. The van der Waals surface area contributed by atoms with E-state index in [4.69, 9.17) is 4.42 Å². The fourth-order valence-electron chi connectivity index (χ4n) is 3.93. The predicted molar refractivity (Wildman–Crippen MR) is 94.5 cm³/mol. The lowest BCUT2D eigenvalue weighted by Gasteiger charge is -2.37. The van der Waals surface area contributed by atoms with Crippen LogP contribution in [0.1, 0.15) is 36.0 Å². The number of furan rings is 1. The van der Waals surface area contributed by atoms with Crippen molar-refractivity contribution in [2.45, 2.75) is 31.7 Å². The van der Waals surface area contributed by atoms with Crippen molar-refractivity contribution in [2.24, 2.45) is 0 Å². The summed E-state index contributed by atoms with van der Waals surface area (Å²) in [4.78, 5) is 32.3. The normalized spacial score (nSPS) is 21.6. The smallest absolute Gasteiger partial charge is 0.261 e. The summed E-state index contributed by atoms with van der Waals surface area (Å²) in [7, 11) is 0. The van der Waals surface area contributed by atoms with Crippen molar-refractivity contribution in [1.29, 1.82) is 0 Å². The summed E-state index contributed by atoms with van der Waals surface area (Å²) in [5.41, 5.74) is 0.430. The van der Waals surface area contributed by atoms with Crippen LogP contribution < -0.4 is 5.56 Å². The highest BCUT2D eigenvalue weighted by Crippen LogP contribution is 2.22. The summed E-state index contributed by atoms with van der Waals surface area (Å²) in [5, 5.41) is 0. The third kappa shape index (κ3) is 3.26. The molecule has 0 aromatic carbocycles. The van der Waals surface area contributed by atoms with Crippen LogP contribution in [0.5, 0.6) is 0 Å². The molecule has 0 unspecified atom stereocenters. The molecule has 0 saturated carbocycles. The van der Waals surface area contributed by atoms with Crippen molar-refractivity contribution in [1.82, 2.24) is 14.8 Å². The van der Waals surface area contributed by atoms with Gasteiger partial charge in [0.25, 0.3) is 11.5 Å². The minimum atomic E-state index is -0.359. The van der Waals surface area contributed by atoms with Gasteiger partial charge in [0.1, 0.15) is 11.3 Å². The van der Waals surface area contributed by atoms with E-state index in [2.05, 4.69) is 9.88 Å². The molecule has 25 heavy (non-hydrogen) atoms. The monoisotopic (exact) mass is 341 g/mol. The van der Waals surface area contributed by atoms with Crippen molar-refractivity contribution in [2.75, 3.05) is 26.2 Å². The first kappa shape index (κ1) is 16.1. The number of pyridine rings is 1. The third-order valence-electron chi connectivity index (χ3n) is 5.27. The number of hydrogen-bond donors (Lipinski definition) is 1. The Morgan fingerprint density at radius 3 is 2.68 bits per heavy atom. The first-order valence-corrected chi connectivity index (χ1v) is 9.03. The lowest BCUT2D eigenvalue weighted by molar-refractivity contribution is 0.0606.